The topological polar surface area (TPSA) is 99.5 Å². The third-order valence-electron chi connectivity index (χ3n) is 3.17. The van der Waals surface area contributed by atoms with Gasteiger partial charge in [-0.1, -0.05) is 17.7 Å². The molecule has 0 saturated heterocycles. The molecule has 0 aliphatic rings. The minimum absolute atomic E-state index is 0.232. The molecule has 2 rings (SSSR count). The van der Waals surface area contributed by atoms with Crippen LogP contribution >= 0.6 is 11.6 Å². The molecule has 1 aromatic carbocycles. The maximum atomic E-state index is 12.3. The van der Waals surface area contributed by atoms with Crippen LogP contribution in [0.25, 0.3) is 0 Å². The maximum Gasteiger partial charge on any atom is 0.522 e. The highest BCUT2D eigenvalue weighted by molar-refractivity contribution is 7.90. The van der Waals surface area contributed by atoms with Crippen LogP contribution in [0.15, 0.2) is 35.5 Å². The van der Waals surface area contributed by atoms with Gasteiger partial charge in [0.15, 0.2) is 5.69 Å². The number of alkyl halides is 3. The van der Waals surface area contributed by atoms with Crippen molar-refractivity contribution in [2.24, 2.45) is 0 Å². The summed E-state index contributed by atoms with van der Waals surface area (Å²) in [6, 6.07) is 5.37. The summed E-state index contributed by atoms with van der Waals surface area (Å²) in [6.07, 6.45) is -3.81. The van der Waals surface area contributed by atoms with Gasteiger partial charge in [0.25, 0.3) is 15.9 Å². The molecule has 1 N–H and O–H groups in total. The molecule has 0 aliphatic carbocycles. The second kappa shape index (κ2) is 8.15. The molecule has 0 fully saturated rings. The van der Waals surface area contributed by atoms with Crippen LogP contribution in [0.5, 0.6) is 5.75 Å². The highest BCUT2D eigenvalue weighted by Crippen LogP contribution is 2.20. The van der Waals surface area contributed by atoms with Gasteiger partial charge in [0, 0.05) is 12.6 Å². The Morgan fingerprint density at radius 2 is 2.07 bits per heavy atom. The number of hydrogen-bond donors (Lipinski definition) is 1. The van der Waals surface area contributed by atoms with Crippen LogP contribution in [0.2, 0.25) is 5.15 Å². The van der Waals surface area contributed by atoms with Crippen molar-refractivity contribution in [1.82, 2.24) is 14.3 Å². The Hall–Kier alpha value is -2.31. The molecular weight excluding hydrogens is 415 g/mol. The lowest BCUT2D eigenvalue weighted by atomic mass is 10.3. The maximum absolute atomic E-state index is 12.3. The van der Waals surface area contributed by atoms with Gasteiger partial charge in [-0.05, 0) is 12.1 Å². The minimum atomic E-state index is -4.81. The van der Waals surface area contributed by atoms with Gasteiger partial charge in [-0.2, -0.15) is 0 Å². The second-order valence-corrected chi connectivity index (χ2v) is 7.03. The Morgan fingerprint density at radius 3 is 2.70 bits per heavy atom. The molecule has 13 heteroatoms. The third-order valence-corrected chi connectivity index (χ3v) is 4.89. The summed E-state index contributed by atoms with van der Waals surface area (Å²) in [6.45, 7) is -1.11. The Labute approximate surface area is 156 Å². The average Bonchev–Trinajstić information content (AvgIpc) is 2.94. The Morgan fingerprint density at radius 1 is 1.37 bits per heavy atom. The molecule has 2 aromatic rings. The van der Waals surface area contributed by atoms with Crippen molar-refractivity contribution in [2.45, 2.75) is 17.8 Å². The van der Waals surface area contributed by atoms with Crippen molar-refractivity contribution >= 4 is 27.5 Å². The summed E-state index contributed by atoms with van der Waals surface area (Å²) in [4.78, 5) is 15.6. The number of carbonyl (C=O) groups excluding carboxylic acids is 1. The molecule has 1 heterocycles. The zero-order chi connectivity index (χ0) is 20.2. The fourth-order valence-corrected chi connectivity index (χ4v) is 3.18. The molecule has 8 nitrogen and oxygen atoms in total. The Bertz CT molecular complexity index is 930. The largest absolute Gasteiger partial charge is 0.522 e. The summed E-state index contributed by atoms with van der Waals surface area (Å²) >= 11 is 5.88. The van der Waals surface area contributed by atoms with Gasteiger partial charge in [-0.15, -0.1) is 13.2 Å². The number of ether oxygens (including phenoxy) is 2. The SMILES string of the molecule is COc1cccc(S(=O)(=O)NC(=O)c2ncn(CCOC(F)(F)F)c2Cl)c1. The summed E-state index contributed by atoms with van der Waals surface area (Å²) < 4.78 is 71.8. The number of nitrogens with zero attached hydrogens (tertiary/aromatic N) is 2. The standard InChI is InChI=1S/C14H13ClF3N3O5S/c1-25-9-3-2-4-10(7-9)27(23,24)20-13(22)11-12(15)21(8-19-11)5-6-26-14(16,17)18/h2-4,7-8H,5-6H2,1H3,(H,20,22). The van der Waals surface area contributed by atoms with Crippen LogP contribution in [0.3, 0.4) is 0 Å². The van der Waals surface area contributed by atoms with Gasteiger partial charge in [0.2, 0.25) is 0 Å². The lowest BCUT2D eigenvalue weighted by Crippen LogP contribution is -2.31. The number of carbonyl (C=O) groups is 1. The lowest BCUT2D eigenvalue weighted by Gasteiger charge is -2.09. The van der Waals surface area contributed by atoms with E-state index in [1.165, 1.54) is 31.4 Å². The Kier molecular flexibility index (Phi) is 6.34. The highest BCUT2D eigenvalue weighted by atomic mass is 35.5. The number of aromatic nitrogens is 2. The van der Waals surface area contributed by atoms with E-state index in [9.17, 15) is 26.4 Å². The van der Waals surface area contributed by atoms with Gasteiger partial charge in [0.1, 0.15) is 10.9 Å². The van der Waals surface area contributed by atoms with E-state index in [1.54, 1.807) is 4.72 Å². The second-order valence-electron chi connectivity index (χ2n) is 4.99. The first-order chi connectivity index (χ1) is 12.5. The number of nitrogens with one attached hydrogen (secondary N) is 1. The summed E-state index contributed by atoms with van der Waals surface area (Å²) in [5.41, 5.74) is -0.463. The molecule has 0 radical (unpaired) electrons. The molecule has 1 amide bonds. The molecule has 0 unspecified atom stereocenters. The first kappa shape index (κ1) is 21.0. The first-order valence-corrected chi connectivity index (χ1v) is 9.02. The number of sulfonamides is 1. The van der Waals surface area contributed by atoms with Crippen molar-refractivity contribution in [3.8, 4) is 5.75 Å². The predicted molar refractivity (Wildman–Crippen MR) is 86.9 cm³/mol. The van der Waals surface area contributed by atoms with Crippen LogP contribution in [0, 0.1) is 0 Å². The van der Waals surface area contributed by atoms with Crippen molar-refractivity contribution in [1.29, 1.82) is 0 Å². The number of halogens is 4. The van der Waals surface area contributed by atoms with Crippen LogP contribution in [-0.2, 0) is 21.3 Å². The predicted octanol–water partition coefficient (Wildman–Crippen LogP) is 2.20. The van der Waals surface area contributed by atoms with Crippen LogP contribution in [0.4, 0.5) is 13.2 Å². The molecule has 0 spiro atoms. The van der Waals surface area contributed by atoms with Gasteiger partial charge in [-0.25, -0.2) is 18.1 Å². The van der Waals surface area contributed by atoms with Crippen LogP contribution < -0.4 is 9.46 Å². The number of imidazole rings is 1. The fraction of sp³-hybridized carbons (Fsp3) is 0.286. The van der Waals surface area contributed by atoms with Gasteiger partial charge in [-0.3, -0.25) is 9.53 Å². The van der Waals surface area contributed by atoms with E-state index in [0.29, 0.717) is 0 Å². The highest BCUT2D eigenvalue weighted by Gasteiger charge is 2.29. The number of hydrogen-bond acceptors (Lipinski definition) is 6. The van der Waals surface area contributed by atoms with Gasteiger partial charge < -0.3 is 9.30 Å². The van der Waals surface area contributed by atoms with Crippen molar-refractivity contribution in [2.75, 3.05) is 13.7 Å². The number of amides is 1. The van der Waals surface area contributed by atoms with E-state index in [-0.39, 0.29) is 22.3 Å². The first-order valence-electron chi connectivity index (χ1n) is 7.16. The fourth-order valence-electron chi connectivity index (χ4n) is 1.93. The van der Waals surface area contributed by atoms with Crippen LogP contribution in [0.1, 0.15) is 10.5 Å². The molecule has 0 atom stereocenters. The molecule has 1 aromatic heterocycles. The summed E-state index contributed by atoms with van der Waals surface area (Å²) in [5, 5.41) is -0.334. The van der Waals surface area contributed by atoms with Gasteiger partial charge >= 0.3 is 6.36 Å². The zero-order valence-corrected chi connectivity index (χ0v) is 15.2. The monoisotopic (exact) mass is 427 g/mol. The van der Waals surface area contributed by atoms with Gasteiger partial charge in [0.05, 0.1) is 24.9 Å². The van der Waals surface area contributed by atoms with E-state index < -0.39 is 34.6 Å². The van der Waals surface area contributed by atoms with Crippen molar-refractivity contribution in [3.63, 3.8) is 0 Å². The summed E-state index contributed by atoms with van der Waals surface area (Å²) in [7, 11) is -2.90. The molecule has 0 aliphatic heterocycles. The normalized spacial score (nSPS) is 12.0. The molecular formula is C14H13ClF3N3O5S. The molecule has 0 bridgehead atoms. The van der Waals surface area contributed by atoms with Crippen LogP contribution in [-0.4, -0.2) is 44.0 Å². The Balaban J connectivity index is 2.11. The number of rotatable bonds is 7. The number of methoxy groups -OCH3 is 1. The zero-order valence-electron chi connectivity index (χ0n) is 13.7. The van der Waals surface area contributed by atoms with Crippen molar-refractivity contribution < 1.29 is 35.9 Å². The third kappa shape index (κ3) is 5.58. The van der Waals surface area contributed by atoms with E-state index in [0.717, 1.165) is 10.9 Å². The molecule has 27 heavy (non-hydrogen) atoms. The molecule has 148 valence electrons. The minimum Gasteiger partial charge on any atom is -0.497 e. The van der Waals surface area contributed by atoms with E-state index >= 15 is 0 Å². The van der Waals surface area contributed by atoms with Crippen molar-refractivity contribution in [3.05, 3.63) is 41.4 Å². The van der Waals surface area contributed by atoms with E-state index in [1.807, 2.05) is 0 Å². The quantitative estimate of drug-likeness (QED) is 0.727. The lowest BCUT2D eigenvalue weighted by molar-refractivity contribution is -0.325. The smallest absolute Gasteiger partial charge is 0.497 e. The van der Waals surface area contributed by atoms with E-state index in [4.69, 9.17) is 16.3 Å². The molecule has 0 saturated carbocycles. The average molecular weight is 428 g/mol. The summed E-state index contributed by atoms with van der Waals surface area (Å²) in [5.74, 6) is -0.879. The number of benzene rings is 1. The van der Waals surface area contributed by atoms with E-state index in [2.05, 4.69) is 9.72 Å².